The van der Waals surface area contributed by atoms with Crippen molar-refractivity contribution in [1.82, 2.24) is 0 Å². The number of hydrogen-bond acceptors (Lipinski definition) is 2. The van der Waals surface area contributed by atoms with Crippen LogP contribution >= 0.6 is 11.3 Å². The largest absolute Gasteiger partial charge is 0.310 e. The van der Waals surface area contributed by atoms with Gasteiger partial charge >= 0.3 is 0 Å². The van der Waals surface area contributed by atoms with E-state index in [0.717, 1.165) is 11.4 Å². The highest BCUT2D eigenvalue weighted by atomic mass is 32.1. The Labute approximate surface area is 247 Å². The van der Waals surface area contributed by atoms with Gasteiger partial charge in [0.1, 0.15) is 0 Å². The van der Waals surface area contributed by atoms with Gasteiger partial charge < -0.3 is 4.90 Å². The van der Waals surface area contributed by atoms with Crippen LogP contribution in [0.1, 0.15) is 0 Å². The van der Waals surface area contributed by atoms with Crippen LogP contribution in [0.25, 0.3) is 63.3 Å². The van der Waals surface area contributed by atoms with Crippen molar-refractivity contribution in [2.24, 2.45) is 0 Å². The highest BCUT2D eigenvalue weighted by Gasteiger charge is 2.19. The van der Waals surface area contributed by atoms with Gasteiger partial charge in [0.2, 0.25) is 0 Å². The Balaban J connectivity index is 1.38. The van der Waals surface area contributed by atoms with Gasteiger partial charge in [-0.3, -0.25) is 0 Å². The molecule has 0 amide bonds. The number of fused-ring (bicyclic) bond motifs is 9. The van der Waals surface area contributed by atoms with Gasteiger partial charge in [-0.25, -0.2) is 0 Å². The van der Waals surface area contributed by atoms with E-state index < -0.39 is 0 Å². The van der Waals surface area contributed by atoms with Crippen molar-refractivity contribution in [2.45, 2.75) is 0 Å². The zero-order valence-electron chi connectivity index (χ0n) is 22.8. The molecule has 0 unspecified atom stereocenters. The molecule has 42 heavy (non-hydrogen) atoms. The molecule has 0 spiro atoms. The summed E-state index contributed by atoms with van der Waals surface area (Å²) in [4.78, 5) is 2.44. The third-order valence-electron chi connectivity index (χ3n) is 8.56. The van der Waals surface area contributed by atoms with Gasteiger partial charge in [0.25, 0.3) is 0 Å². The standard InChI is InChI=1S/C40H25NS/c1-2-12-30(13-3-1)41(31-20-18-27-25-39-36(23-29(27)22-31)34-16-8-9-17-38(34)42-39)37-24-28-11-5-6-14-32(28)35-21-19-26-10-4-7-15-33(26)40(35)37/h1-25H. The van der Waals surface area contributed by atoms with E-state index in [1.54, 1.807) is 0 Å². The van der Waals surface area contributed by atoms with Crippen LogP contribution in [0, 0.1) is 0 Å². The first-order chi connectivity index (χ1) is 20.8. The molecule has 1 heterocycles. The van der Waals surface area contributed by atoms with Crippen molar-refractivity contribution < 1.29 is 0 Å². The van der Waals surface area contributed by atoms with Gasteiger partial charge in [0.15, 0.2) is 0 Å². The van der Waals surface area contributed by atoms with Crippen molar-refractivity contribution >= 4 is 91.7 Å². The maximum atomic E-state index is 2.44. The average Bonchev–Trinajstić information content (AvgIpc) is 3.41. The number of hydrogen-bond donors (Lipinski definition) is 0. The summed E-state index contributed by atoms with van der Waals surface area (Å²) in [5.41, 5.74) is 3.48. The van der Waals surface area contributed by atoms with E-state index in [1.807, 2.05) is 11.3 Å². The lowest BCUT2D eigenvalue weighted by atomic mass is 9.94. The van der Waals surface area contributed by atoms with E-state index >= 15 is 0 Å². The van der Waals surface area contributed by atoms with Gasteiger partial charge in [-0.15, -0.1) is 11.3 Å². The van der Waals surface area contributed by atoms with Crippen LogP contribution in [0.3, 0.4) is 0 Å². The first-order valence-electron chi connectivity index (χ1n) is 14.4. The lowest BCUT2D eigenvalue weighted by Crippen LogP contribution is -2.10. The van der Waals surface area contributed by atoms with E-state index in [-0.39, 0.29) is 0 Å². The molecule has 1 aromatic heterocycles. The van der Waals surface area contributed by atoms with Gasteiger partial charge in [0.05, 0.1) is 5.69 Å². The molecule has 1 nitrogen and oxygen atoms in total. The molecular formula is C40H25NS. The Hall–Kier alpha value is -5.18. The molecule has 0 atom stereocenters. The Morgan fingerprint density at radius 1 is 0.357 bits per heavy atom. The van der Waals surface area contributed by atoms with Crippen molar-refractivity contribution in [2.75, 3.05) is 4.90 Å². The first kappa shape index (κ1) is 23.5. The summed E-state index contributed by atoms with van der Waals surface area (Å²) < 4.78 is 2.67. The topological polar surface area (TPSA) is 3.24 Å². The summed E-state index contributed by atoms with van der Waals surface area (Å²) in [7, 11) is 0. The number of para-hydroxylation sites is 1. The second kappa shape index (κ2) is 9.17. The fraction of sp³-hybridized carbons (Fsp3) is 0. The molecule has 8 aromatic carbocycles. The fourth-order valence-electron chi connectivity index (χ4n) is 6.64. The van der Waals surface area contributed by atoms with Crippen LogP contribution in [0.4, 0.5) is 17.1 Å². The molecule has 0 aliphatic heterocycles. The SMILES string of the molecule is c1ccc(N(c2ccc3cc4sc5ccccc5c4cc3c2)c2cc3ccccc3c3ccc4ccccc4c23)cc1. The van der Waals surface area contributed by atoms with Crippen LogP contribution < -0.4 is 4.90 Å². The molecule has 0 aliphatic carbocycles. The van der Waals surface area contributed by atoms with E-state index in [0.29, 0.717) is 0 Å². The zero-order chi connectivity index (χ0) is 27.6. The normalized spacial score (nSPS) is 11.8. The summed E-state index contributed by atoms with van der Waals surface area (Å²) in [5, 5.41) is 12.8. The summed E-state index contributed by atoms with van der Waals surface area (Å²) >= 11 is 1.87. The smallest absolute Gasteiger partial charge is 0.0552 e. The predicted molar refractivity (Wildman–Crippen MR) is 184 cm³/mol. The number of thiophene rings is 1. The van der Waals surface area contributed by atoms with Gasteiger partial charge in [-0.1, -0.05) is 103 Å². The van der Waals surface area contributed by atoms with E-state index in [9.17, 15) is 0 Å². The third-order valence-corrected chi connectivity index (χ3v) is 9.69. The van der Waals surface area contributed by atoms with Gasteiger partial charge in [-0.2, -0.15) is 0 Å². The maximum Gasteiger partial charge on any atom is 0.0552 e. The van der Waals surface area contributed by atoms with Gasteiger partial charge in [0, 0.05) is 36.9 Å². The number of anilines is 3. The Morgan fingerprint density at radius 3 is 1.95 bits per heavy atom. The van der Waals surface area contributed by atoms with E-state index in [1.165, 1.54) is 68.9 Å². The van der Waals surface area contributed by atoms with Crippen molar-refractivity contribution in [3.63, 3.8) is 0 Å². The molecule has 2 heteroatoms. The molecule has 9 rings (SSSR count). The van der Waals surface area contributed by atoms with Crippen LogP contribution in [-0.2, 0) is 0 Å². The third kappa shape index (κ3) is 3.56. The van der Waals surface area contributed by atoms with Crippen LogP contribution in [0.15, 0.2) is 152 Å². The highest BCUT2D eigenvalue weighted by Crippen LogP contribution is 2.45. The molecule has 0 radical (unpaired) electrons. The minimum absolute atomic E-state index is 1.14. The van der Waals surface area contributed by atoms with Crippen molar-refractivity contribution in [3.8, 4) is 0 Å². The second-order valence-electron chi connectivity index (χ2n) is 11.0. The van der Waals surface area contributed by atoms with Crippen molar-refractivity contribution in [3.05, 3.63) is 152 Å². The number of nitrogens with zero attached hydrogens (tertiary/aromatic N) is 1. The summed E-state index contributed by atoms with van der Waals surface area (Å²) in [6.45, 7) is 0. The molecule has 0 bridgehead atoms. The monoisotopic (exact) mass is 551 g/mol. The molecule has 0 aliphatic rings. The fourth-order valence-corrected chi connectivity index (χ4v) is 7.77. The quantitative estimate of drug-likeness (QED) is 0.197. The van der Waals surface area contributed by atoms with Gasteiger partial charge in [-0.05, 0) is 86.2 Å². The summed E-state index contributed by atoms with van der Waals surface area (Å²) in [5.74, 6) is 0. The minimum Gasteiger partial charge on any atom is -0.310 e. The van der Waals surface area contributed by atoms with Crippen LogP contribution in [0.5, 0.6) is 0 Å². The average molecular weight is 552 g/mol. The molecule has 9 aromatic rings. The van der Waals surface area contributed by atoms with E-state index in [4.69, 9.17) is 0 Å². The first-order valence-corrected chi connectivity index (χ1v) is 15.2. The molecule has 196 valence electrons. The number of benzene rings is 8. The maximum absolute atomic E-state index is 2.44. The Bertz CT molecular complexity index is 2470. The Kier molecular flexibility index (Phi) is 5.13. The second-order valence-corrected chi connectivity index (χ2v) is 12.1. The zero-order valence-corrected chi connectivity index (χ0v) is 23.6. The van der Waals surface area contributed by atoms with E-state index in [2.05, 4.69) is 157 Å². The summed E-state index contributed by atoms with van der Waals surface area (Å²) in [6.07, 6.45) is 0. The molecule has 0 N–H and O–H groups in total. The Morgan fingerprint density at radius 2 is 1.07 bits per heavy atom. The van der Waals surface area contributed by atoms with Crippen LogP contribution in [0.2, 0.25) is 0 Å². The predicted octanol–water partition coefficient (Wildman–Crippen LogP) is 12.1. The summed E-state index contributed by atoms with van der Waals surface area (Å²) in [6, 6.07) is 55.6. The van der Waals surface area contributed by atoms with Crippen LogP contribution in [-0.4, -0.2) is 0 Å². The van der Waals surface area contributed by atoms with Crippen molar-refractivity contribution in [1.29, 1.82) is 0 Å². The number of rotatable bonds is 3. The molecule has 0 saturated heterocycles. The lowest BCUT2D eigenvalue weighted by Gasteiger charge is -2.28. The lowest BCUT2D eigenvalue weighted by molar-refractivity contribution is 1.31. The molecule has 0 fully saturated rings. The molecule has 0 saturated carbocycles. The molecular weight excluding hydrogens is 527 g/mol. The minimum atomic E-state index is 1.14. The highest BCUT2D eigenvalue weighted by molar-refractivity contribution is 7.25.